The number of aryl methyl sites for hydroxylation is 1. The minimum Gasteiger partial charge on any atom is -0.481 e. The highest BCUT2D eigenvalue weighted by molar-refractivity contribution is 6.03. The second kappa shape index (κ2) is 8.55. The number of aromatic nitrogens is 1. The lowest BCUT2D eigenvalue weighted by Crippen LogP contribution is -2.35. The molecule has 2 N–H and O–H groups in total. The number of nitrogens with one attached hydrogen (secondary N) is 1. The molecule has 1 atom stereocenters. The molecule has 0 aliphatic carbocycles. The third kappa shape index (κ3) is 4.55. The predicted molar refractivity (Wildman–Crippen MR) is 118 cm³/mol. The smallest absolute Gasteiger partial charge is 0.303 e. The first-order valence-corrected chi connectivity index (χ1v) is 10.2. The minimum atomic E-state index is -1.03. The molecule has 1 aromatic heterocycles. The van der Waals surface area contributed by atoms with Gasteiger partial charge in [-0.05, 0) is 36.1 Å². The molecular weight excluding hydrogens is 394 g/mol. The maximum absolute atomic E-state index is 12.7. The van der Waals surface area contributed by atoms with Gasteiger partial charge < -0.3 is 10.1 Å². The van der Waals surface area contributed by atoms with Crippen LogP contribution in [-0.2, 0) is 16.0 Å². The van der Waals surface area contributed by atoms with Crippen LogP contribution in [-0.4, -0.2) is 38.7 Å². The van der Waals surface area contributed by atoms with E-state index >= 15 is 0 Å². The fourth-order valence-electron chi connectivity index (χ4n) is 3.89. The number of carbonyl (C=O) groups is 2. The molecule has 0 saturated heterocycles. The number of hydrogen-bond donors (Lipinski definition) is 2. The van der Waals surface area contributed by atoms with Gasteiger partial charge in [-0.15, -0.1) is 0 Å². The Kier molecular flexibility index (Phi) is 5.66. The van der Waals surface area contributed by atoms with Crippen molar-refractivity contribution in [2.45, 2.75) is 38.6 Å². The first kappa shape index (κ1) is 20.5. The molecule has 0 spiro atoms. The molecule has 1 aliphatic rings. The Morgan fingerprint density at radius 3 is 2.65 bits per heavy atom. The average molecular weight is 417 g/mol. The number of aliphatic carboxylic acids is 1. The molecule has 0 fully saturated rings. The number of carboxylic acid groups (broad SMARTS) is 1. The molecule has 158 valence electrons. The van der Waals surface area contributed by atoms with Crippen LogP contribution >= 0.6 is 0 Å². The SMILES string of the molecule is Cc1ccc2[nH]c(=O)c(C[C@H]3CC(c4ccccc4)=NN3C(=O)CCC(=O)O)cc2c1. The van der Waals surface area contributed by atoms with E-state index in [1.165, 1.54) is 5.01 Å². The maximum atomic E-state index is 12.7. The topological polar surface area (TPSA) is 103 Å². The largest absolute Gasteiger partial charge is 0.481 e. The van der Waals surface area contributed by atoms with Crippen molar-refractivity contribution in [2.24, 2.45) is 5.10 Å². The molecule has 1 aliphatic heterocycles. The van der Waals surface area contributed by atoms with Gasteiger partial charge >= 0.3 is 5.97 Å². The lowest BCUT2D eigenvalue weighted by Gasteiger charge is -2.21. The summed E-state index contributed by atoms with van der Waals surface area (Å²) >= 11 is 0. The normalized spacial score (nSPS) is 15.8. The van der Waals surface area contributed by atoms with E-state index in [0.717, 1.165) is 27.7 Å². The second-order valence-electron chi connectivity index (χ2n) is 7.82. The van der Waals surface area contributed by atoms with Crippen LogP contribution in [0.15, 0.2) is 64.5 Å². The van der Waals surface area contributed by atoms with Crippen molar-refractivity contribution in [1.29, 1.82) is 0 Å². The van der Waals surface area contributed by atoms with Gasteiger partial charge in [0, 0.05) is 30.3 Å². The number of benzene rings is 2. The molecule has 3 aromatic rings. The molecule has 7 heteroatoms. The highest BCUT2D eigenvalue weighted by Crippen LogP contribution is 2.24. The molecule has 0 saturated carbocycles. The minimum absolute atomic E-state index is 0.134. The Balaban J connectivity index is 1.64. The lowest BCUT2D eigenvalue weighted by molar-refractivity contribution is -0.141. The van der Waals surface area contributed by atoms with Gasteiger partial charge in [-0.3, -0.25) is 14.4 Å². The molecule has 2 aromatic carbocycles. The van der Waals surface area contributed by atoms with Gasteiger partial charge in [-0.25, -0.2) is 5.01 Å². The van der Waals surface area contributed by atoms with Crippen LogP contribution in [0.5, 0.6) is 0 Å². The van der Waals surface area contributed by atoms with Crippen LogP contribution < -0.4 is 5.56 Å². The van der Waals surface area contributed by atoms with Gasteiger partial charge in [0.1, 0.15) is 0 Å². The van der Waals surface area contributed by atoms with E-state index in [0.29, 0.717) is 18.4 Å². The summed E-state index contributed by atoms with van der Waals surface area (Å²) in [6, 6.07) is 16.9. The van der Waals surface area contributed by atoms with E-state index in [4.69, 9.17) is 5.11 Å². The number of hydrazone groups is 1. The van der Waals surface area contributed by atoms with Crippen molar-refractivity contribution in [3.8, 4) is 0 Å². The van der Waals surface area contributed by atoms with E-state index in [9.17, 15) is 14.4 Å². The summed E-state index contributed by atoms with van der Waals surface area (Å²) in [6.45, 7) is 1.99. The Morgan fingerprint density at radius 1 is 1.13 bits per heavy atom. The fraction of sp³-hybridized carbons (Fsp3) is 0.250. The van der Waals surface area contributed by atoms with Gasteiger partial charge in [-0.2, -0.15) is 5.10 Å². The van der Waals surface area contributed by atoms with Gasteiger partial charge in [0.15, 0.2) is 0 Å². The Hall–Kier alpha value is -3.74. The number of carboxylic acids is 1. The summed E-state index contributed by atoms with van der Waals surface area (Å²) in [4.78, 5) is 39.2. The van der Waals surface area contributed by atoms with Crippen molar-refractivity contribution in [2.75, 3.05) is 0 Å². The number of nitrogens with zero attached hydrogens (tertiary/aromatic N) is 2. The number of pyridine rings is 1. The number of hydrogen-bond acceptors (Lipinski definition) is 4. The van der Waals surface area contributed by atoms with E-state index in [-0.39, 0.29) is 30.3 Å². The highest BCUT2D eigenvalue weighted by Gasteiger charge is 2.32. The Bertz CT molecular complexity index is 1230. The molecule has 31 heavy (non-hydrogen) atoms. The van der Waals surface area contributed by atoms with E-state index in [1.807, 2.05) is 61.5 Å². The zero-order chi connectivity index (χ0) is 22.0. The average Bonchev–Trinajstić information content (AvgIpc) is 3.17. The number of carbonyl (C=O) groups excluding carboxylic acids is 1. The summed E-state index contributed by atoms with van der Waals surface area (Å²) in [5.41, 5.74) is 3.89. The third-order valence-corrected chi connectivity index (χ3v) is 5.45. The molecule has 0 unspecified atom stereocenters. The van der Waals surface area contributed by atoms with E-state index in [1.54, 1.807) is 0 Å². The Labute approximate surface area is 179 Å². The van der Waals surface area contributed by atoms with Crippen LogP contribution in [0, 0.1) is 6.92 Å². The molecule has 7 nitrogen and oxygen atoms in total. The van der Waals surface area contributed by atoms with Crippen molar-refractivity contribution < 1.29 is 14.7 Å². The zero-order valence-corrected chi connectivity index (χ0v) is 17.2. The summed E-state index contributed by atoms with van der Waals surface area (Å²) in [5, 5.41) is 15.8. The number of H-pyrrole nitrogens is 1. The summed E-state index contributed by atoms with van der Waals surface area (Å²) in [5.74, 6) is -1.39. The monoisotopic (exact) mass is 417 g/mol. The van der Waals surface area contributed by atoms with Crippen LogP contribution in [0.4, 0.5) is 0 Å². The van der Waals surface area contributed by atoms with Crippen molar-refractivity contribution in [3.05, 3.63) is 81.6 Å². The molecule has 0 bridgehead atoms. The molecule has 2 heterocycles. The van der Waals surface area contributed by atoms with E-state index < -0.39 is 5.97 Å². The fourth-order valence-corrected chi connectivity index (χ4v) is 3.89. The van der Waals surface area contributed by atoms with Crippen molar-refractivity contribution >= 4 is 28.5 Å². The van der Waals surface area contributed by atoms with Gasteiger partial charge in [-0.1, -0.05) is 42.0 Å². The molecule has 1 amide bonds. The van der Waals surface area contributed by atoms with Gasteiger partial charge in [0.25, 0.3) is 5.56 Å². The predicted octanol–water partition coefficient (Wildman–Crippen LogP) is 3.25. The molecule has 0 radical (unpaired) electrons. The second-order valence-corrected chi connectivity index (χ2v) is 7.82. The Morgan fingerprint density at radius 2 is 1.90 bits per heavy atom. The summed E-state index contributed by atoms with van der Waals surface area (Å²) < 4.78 is 0. The number of aromatic amines is 1. The first-order chi connectivity index (χ1) is 14.9. The zero-order valence-electron chi connectivity index (χ0n) is 17.2. The lowest BCUT2D eigenvalue weighted by atomic mass is 9.98. The quantitative estimate of drug-likeness (QED) is 0.643. The van der Waals surface area contributed by atoms with Crippen LogP contribution in [0.25, 0.3) is 10.9 Å². The maximum Gasteiger partial charge on any atom is 0.303 e. The van der Waals surface area contributed by atoms with E-state index in [2.05, 4.69) is 10.1 Å². The standard InChI is InChI=1S/C24H23N3O4/c1-15-7-8-20-17(11-15)12-18(24(31)25-20)13-19-14-21(16-5-3-2-4-6-16)26-27(19)22(28)9-10-23(29)30/h2-8,11-12,19H,9-10,13-14H2,1H3,(H,25,31)(H,29,30)/t19-/m0/s1. The van der Waals surface area contributed by atoms with Crippen LogP contribution in [0.2, 0.25) is 0 Å². The summed E-state index contributed by atoms with van der Waals surface area (Å²) in [6.07, 6.45) is 0.435. The number of fused-ring (bicyclic) bond motifs is 1. The van der Waals surface area contributed by atoms with Gasteiger partial charge in [0.2, 0.25) is 5.91 Å². The summed E-state index contributed by atoms with van der Waals surface area (Å²) in [7, 11) is 0. The molecular formula is C24H23N3O4. The van der Waals surface area contributed by atoms with Gasteiger partial charge in [0.05, 0.1) is 18.2 Å². The highest BCUT2D eigenvalue weighted by atomic mass is 16.4. The number of amides is 1. The van der Waals surface area contributed by atoms with Crippen molar-refractivity contribution in [1.82, 2.24) is 9.99 Å². The number of rotatable bonds is 6. The van der Waals surface area contributed by atoms with Crippen LogP contribution in [0.1, 0.15) is 36.0 Å². The first-order valence-electron chi connectivity index (χ1n) is 10.2. The van der Waals surface area contributed by atoms with Crippen molar-refractivity contribution in [3.63, 3.8) is 0 Å². The van der Waals surface area contributed by atoms with Crippen LogP contribution in [0.3, 0.4) is 0 Å². The molecule has 4 rings (SSSR count). The third-order valence-electron chi connectivity index (χ3n) is 5.45.